The predicted molar refractivity (Wildman–Crippen MR) is 75.3 cm³/mol. The van der Waals surface area contributed by atoms with Crippen molar-refractivity contribution >= 4 is 17.7 Å². The third kappa shape index (κ3) is 3.23. The molecule has 0 unspecified atom stereocenters. The van der Waals surface area contributed by atoms with E-state index in [1.165, 1.54) is 19.4 Å². The number of anilines is 2. The van der Waals surface area contributed by atoms with Crippen molar-refractivity contribution in [3.63, 3.8) is 0 Å². The van der Waals surface area contributed by atoms with Gasteiger partial charge < -0.3 is 10.8 Å². The highest BCUT2D eigenvalue weighted by Gasteiger charge is 2.07. The SMILES string of the molecule is CN(C(=O)O)c1cccc(C#Cc2cnc(N)nc2)c1. The first-order chi connectivity index (χ1) is 9.56. The van der Waals surface area contributed by atoms with Crippen molar-refractivity contribution in [1.82, 2.24) is 9.97 Å². The number of amides is 1. The highest BCUT2D eigenvalue weighted by molar-refractivity contribution is 5.85. The molecule has 2 rings (SSSR count). The van der Waals surface area contributed by atoms with Crippen molar-refractivity contribution in [1.29, 1.82) is 0 Å². The zero-order valence-corrected chi connectivity index (χ0v) is 10.7. The maximum absolute atomic E-state index is 10.9. The Morgan fingerprint density at radius 2 is 1.90 bits per heavy atom. The van der Waals surface area contributed by atoms with E-state index in [0.29, 0.717) is 16.8 Å². The molecular formula is C14H12N4O2. The van der Waals surface area contributed by atoms with Crippen molar-refractivity contribution in [2.75, 3.05) is 17.7 Å². The van der Waals surface area contributed by atoms with Gasteiger partial charge in [-0.05, 0) is 18.2 Å². The van der Waals surface area contributed by atoms with Crippen LogP contribution < -0.4 is 10.6 Å². The molecule has 6 heteroatoms. The summed E-state index contributed by atoms with van der Waals surface area (Å²) in [4.78, 5) is 19.7. The molecule has 0 fully saturated rings. The van der Waals surface area contributed by atoms with E-state index in [2.05, 4.69) is 21.8 Å². The second-order valence-corrected chi connectivity index (χ2v) is 3.97. The van der Waals surface area contributed by atoms with Gasteiger partial charge in [0.2, 0.25) is 5.95 Å². The fourth-order valence-corrected chi connectivity index (χ4v) is 1.45. The summed E-state index contributed by atoms with van der Waals surface area (Å²) in [5, 5.41) is 8.92. The van der Waals surface area contributed by atoms with Crippen molar-refractivity contribution in [3.8, 4) is 11.8 Å². The third-order valence-electron chi connectivity index (χ3n) is 2.54. The second kappa shape index (κ2) is 5.71. The Hall–Kier alpha value is -3.07. The maximum atomic E-state index is 10.9. The zero-order valence-electron chi connectivity index (χ0n) is 10.7. The Labute approximate surface area is 115 Å². The number of rotatable bonds is 1. The van der Waals surface area contributed by atoms with Gasteiger partial charge in [0.1, 0.15) is 0 Å². The fourth-order valence-electron chi connectivity index (χ4n) is 1.45. The quantitative estimate of drug-likeness (QED) is 0.766. The Morgan fingerprint density at radius 3 is 2.55 bits per heavy atom. The molecule has 20 heavy (non-hydrogen) atoms. The van der Waals surface area contributed by atoms with Crippen LogP contribution in [0.1, 0.15) is 11.1 Å². The van der Waals surface area contributed by atoms with Crippen molar-refractivity contribution in [3.05, 3.63) is 47.8 Å². The normalized spacial score (nSPS) is 9.45. The molecule has 0 aliphatic rings. The average Bonchev–Trinajstić information content (AvgIpc) is 2.46. The summed E-state index contributed by atoms with van der Waals surface area (Å²) in [6.07, 6.45) is 2.03. The number of carbonyl (C=O) groups is 1. The Morgan fingerprint density at radius 1 is 1.25 bits per heavy atom. The fraction of sp³-hybridized carbons (Fsp3) is 0.0714. The van der Waals surface area contributed by atoms with Crippen LogP contribution in [-0.4, -0.2) is 28.2 Å². The zero-order chi connectivity index (χ0) is 14.5. The van der Waals surface area contributed by atoms with Gasteiger partial charge in [0.25, 0.3) is 0 Å². The Bertz CT molecular complexity index is 686. The maximum Gasteiger partial charge on any atom is 0.411 e. The summed E-state index contributed by atoms with van der Waals surface area (Å²) in [6, 6.07) is 6.94. The number of carboxylic acid groups (broad SMARTS) is 1. The number of hydrogen-bond acceptors (Lipinski definition) is 4. The lowest BCUT2D eigenvalue weighted by atomic mass is 10.2. The van der Waals surface area contributed by atoms with Crippen molar-refractivity contribution in [2.24, 2.45) is 0 Å². The van der Waals surface area contributed by atoms with Crippen LogP contribution in [0.4, 0.5) is 16.4 Å². The molecule has 0 saturated carbocycles. The first-order valence-electron chi connectivity index (χ1n) is 5.72. The summed E-state index contributed by atoms with van der Waals surface area (Å²) in [6.45, 7) is 0. The van der Waals surface area contributed by atoms with E-state index in [-0.39, 0.29) is 5.95 Å². The van der Waals surface area contributed by atoms with Gasteiger partial charge >= 0.3 is 6.09 Å². The minimum atomic E-state index is -1.03. The molecule has 2 aromatic rings. The first kappa shape index (κ1) is 13.4. The van der Waals surface area contributed by atoms with Crippen LogP contribution >= 0.6 is 0 Å². The number of nitrogens with two attached hydrogens (primary N) is 1. The van der Waals surface area contributed by atoms with E-state index in [4.69, 9.17) is 10.8 Å². The minimum absolute atomic E-state index is 0.195. The van der Waals surface area contributed by atoms with Gasteiger partial charge in [-0.15, -0.1) is 0 Å². The summed E-state index contributed by atoms with van der Waals surface area (Å²) < 4.78 is 0. The van der Waals surface area contributed by atoms with Crippen LogP contribution in [0.3, 0.4) is 0 Å². The summed E-state index contributed by atoms with van der Waals surface area (Å²) in [5.74, 6) is 6.01. The molecule has 6 nitrogen and oxygen atoms in total. The van der Waals surface area contributed by atoms with Crippen molar-refractivity contribution < 1.29 is 9.90 Å². The van der Waals surface area contributed by atoms with Crippen molar-refractivity contribution in [2.45, 2.75) is 0 Å². The van der Waals surface area contributed by atoms with Crippen LogP contribution in [0.15, 0.2) is 36.7 Å². The Balaban J connectivity index is 2.25. The first-order valence-corrected chi connectivity index (χ1v) is 5.72. The summed E-state index contributed by atoms with van der Waals surface area (Å²) in [5.41, 5.74) is 7.27. The smallest absolute Gasteiger partial charge is 0.411 e. The lowest BCUT2D eigenvalue weighted by Crippen LogP contribution is -2.23. The number of nitrogen functional groups attached to an aromatic ring is 1. The molecule has 0 atom stereocenters. The largest absolute Gasteiger partial charge is 0.465 e. The molecule has 0 aliphatic carbocycles. The predicted octanol–water partition coefficient (Wildman–Crippen LogP) is 1.57. The van der Waals surface area contributed by atoms with Gasteiger partial charge in [-0.3, -0.25) is 4.90 Å². The highest BCUT2D eigenvalue weighted by Crippen LogP contribution is 2.14. The van der Waals surface area contributed by atoms with E-state index >= 15 is 0 Å². The number of aromatic nitrogens is 2. The molecule has 1 aromatic heterocycles. The second-order valence-electron chi connectivity index (χ2n) is 3.97. The van der Waals surface area contributed by atoms with E-state index in [1.807, 2.05) is 0 Å². The van der Waals surface area contributed by atoms with Gasteiger partial charge in [0.05, 0.1) is 5.56 Å². The topological polar surface area (TPSA) is 92.3 Å². The molecule has 1 aromatic carbocycles. The van der Waals surface area contributed by atoms with Crippen LogP contribution in [0.2, 0.25) is 0 Å². The monoisotopic (exact) mass is 268 g/mol. The molecule has 3 N–H and O–H groups in total. The van der Waals surface area contributed by atoms with Crippen LogP contribution in [0, 0.1) is 11.8 Å². The van der Waals surface area contributed by atoms with Crippen LogP contribution in [0.5, 0.6) is 0 Å². The van der Waals surface area contributed by atoms with Gasteiger partial charge in [-0.1, -0.05) is 17.9 Å². The number of nitrogens with zero attached hydrogens (tertiary/aromatic N) is 3. The molecule has 1 amide bonds. The summed E-state index contributed by atoms with van der Waals surface area (Å²) in [7, 11) is 1.47. The molecule has 0 saturated heterocycles. The van der Waals surface area contributed by atoms with E-state index in [9.17, 15) is 4.79 Å². The minimum Gasteiger partial charge on any atom is -0.465 e. The molecule has 0 radical (unpaired) electrons. The number of benzene rings is 1. The average molecular weight is 268 g/mol. The molecule has 0 bridgehead atoms. The van der Waals surface area contributed by atoms with Gasteiger partial charge in [-0.25, -0.2) is 14.8 Å². The molecule has 0 aliphatic heterocycles. The standard InChI is InChI=1S/C14H12N4O2/c1-18(14(19)20)12-4-2-3-10(7-12)5-6-11-8-16-13(15)17-9-11/h2-4,7-9H,1H3,(H,19,20)(H2,15,16,17). The molecular weight excluding hydrogens is 256 g/mol. The van der Waals surface area contributed by atoms with E-state index in [1.54, 1.807) is 24.3 Å². The van der Waals surface area contributed by atoms with Crippen LogP contribution in [0.25, 0.3) is 0 Å². The highest BCUT2D eigenvalue weighted by atomic mass is 16.4. The lowest BCUT2D eigenvalue weighted by Gasteiger charge is -2.12. The molecule has 0 spiro atoms. The Kier molecular flexibility index (Phi) is 3.82. The third-order valence-corrected chi connectivity index (χ3v) is 2.54. The lowest BCUT2D eigenvalue weighted by molar-refractivity contribution is 0.203. The van der Waals surface area contributed by atoms with Gasteiger partial charge in [-0.2, -0.15) is 0 Å². The summed E-state index contributed by atoms with van der Waals surface area (Å²) >= 11 is 0. The van der Waals surface area contributed by atoms with Gasteiger partial charge in [0, 0.05) is 30.7 Å². The van der Waals surface area contributed by atoms with Gasteiger partial charge in [0.15, 0.2) is 0 Å². The van der Waals surface area contributed by atoms with Crippen LogP contribution in [-0.2, 0) is 0 Å². The molecule has 100 valence electrons. The van der Waals surface area contributed by atoms with E-state index in [0.717, 1.165) is 4.90 Å². The molecule has 1 heterocycles. The number of hydrogen-bond donors (Lipinski definition) is 2. The van der Waals surface area contributed by atoms with E-state index < -0.39 is 6.09 Å².